The summed E-state index contributed by atoms with van der Waals surface area (Å²) in [7, 11) is -1.80. The number of para-hydroxylation sites is 1. The van der Waals surface area contributed by atoms with E-state index in [1.54, 1.807) is 35.2 Å². The van der Waals surface area contributed by atoms with Crippen LogP contribution in [-0.2, 0) is 9.84 Å². The number of hydrogen-bond donors (Lipinski definition) is 0. The van der Waals surface area contributed by atoms with Crippen molar-refractivity contribution in [1.82, 2.24) is 0 Å². The molecule has 1 unspecified atom stereocenters. The molecule has 0 aromatic heterocycles. The zero-order valence-corrected chi connectivity index (χ0v) is 15.8. The van der Waals surface area contributed by atoms with Crippen molar-refractivity contribution in [2.45, 2.75) is 19.9 Å². The average molecular weight is 371 g/mol. The van der Waals surface area contributed by atoms with Crippen LogP contribution in [0.3, 0.4) is 0 Å². The third-order valence-corrected chi connectivity index (χ3v) is 5.66. The normalized spacial score (nSPS) is 17.9. The van der Waals surface area contributed by atoms with Crippen molar-refractivity contribution in [3.63, 3.8) is 0 Å². The number of aryl methyl sites for hydroxylation is 2. The number of nitrogens with zero attached hydrogens (tertiary/aromatic N) is 1. The summed E-state index contributed by atoms with van der Waals surface area (Å²) < 4.78 is 29.2. The zero-order chi connectivity index (χ0) is 18.9. The van der Waals surface area contributed by atoms with Crippen LogP contribution >= 0.6 is 0 Å². The first kappa shape index (κ1) is 18.2. The van der Waals surface area contributed by atoms with Crippen LogP contribution in [0.25, 0.3) is 0 Å². The van der Waals surface area contributed by atoms with E-state index in [0.29, 0.717) is 17.0 Å². The maximum absolute atomic E-state index is 13.4. The summed E-state index contributed by atoms with van der Waals surface area (Å²) >= 11 is 0. The highest BCUT2D eigenvalue weighted by molar-refractivity contribution is 7.94. The molecule has 1 amide bonds. The number of methoxy groups -OCH3 is 1. The van der Waals surface area contributed by atoms with Gasteiger partial charge in [-0.15, -0.1) is 0 Å². The lowest BCUT2D eigenvalue weighted by Gasteiger charge is -2.29. The van der Waals surface area contributed by atoms with Gasteiger partial charge in [0.05, 0.1) is 24.5 Å². The molecule has 26 heavy (non-hydrogen) atoms. The van der Waals surface area contributed by atoms with Crippen LogP contribution in [0.4, 0.5) is 5.69 Å². The minimum Gasteiger partial charge on any atom is -0.496 e. The van der Waals surface area contributed by atoms with Gasteiger partial charge >= 0.3 is 0 Å². The predicted octanol–water partition coefficient (Wildman–Crippen LogP) is 3.27. The number of carbonyl (C=O) groups is 1. The number of hydrogen-bond acceptors (Lipinski definition) is 4. The molecule has 0 fully saturated rings. The molecule has 0 N–H and O–H groups in total. The molecule has 1 atom stereocenters. The first-order valence-corrected chi connectivity index (χ1v) is 9.98. The smallest absolute Gasteiger partial charge is 0.262 e. The fourth-order valence-electron chi connectivity index (χ4n) is 3.22. The van der Waals surface area contributed by atoms with Gasteiger partial charge in [0, 0.05) is 11.1 Å². The Morgan fingerprint density at radius 1 is 1.12 bits per heavy atom. The van der Waals surface area contributed by atoms with Crippen molar-refractivity contribution in [3.8, 4) is 5.75 Å². The molecule has 1 heterocycles. The Kier molecular flexibility index (Phi) is 4.87. The van der Waals surface area contributed by atoms with E-state index in [1.807, 2.05) is 32.0 Å². The Morgan fingerprint density at radius 3 is 2.35 bits per heavy atom. The van der Waals surface area contributed by atoms with Gasteiger partial charge in [-0.25, -0.2) is 8.42 Å². The summed E-state index contributed by atoms with van der Waals surface area (Å²) in [6.45, 7) is 3.90. The average Bonchev–Trinajstić information content (AvgIpc) is 2.93. The van der Waals surface area contributed by atoms with Crippen molar-refractivity contribution in [3.05, 3.63) is 70.6 Å². The Balaban J connectivity index is 2.11. The van der Waals surface area contributed by atoms with Gasteiger partial charge < -0.3 is 9.64 Å². The Bertz CT molecular complexity index is 959. The summed E-state index contributed by atoms with van der Waals surface area (Å²) in [5.74, 6) is 0.0388. The highest BCUT2D eigenvalue weighted by atomic mass is 32.2. The maximum Gasteiger partial charge on any atom is 0.262 e. The van der Waals surface area contributed by atoms with E-state index in [1.165, 1.54) is 12.5 Å². The van der Waals surface area contributed by atoms with Crippen molar-refractivity contribution >= 4 is 21.4 Å². The van der Waals surface area contributed by atoms with Crippen LogP contribution in [0.1, 0.15) is 21.5 Å². The third kappa shape index (κ3) is 3.65. The fourth-order valence-corrected chi connectivity index (χ4v) is 4.49. The molecule has 0 bridgehead atoms. The lowest BCUT2D eigenvalue weighted by atomic mass is 10.1. The highest BCUT2D eigenvalue weighted by Gasteiger charge is 2.33. The molecule has 2 aromatic carbocycles. The SMILES string of the molecule is COc1ccccc1C(=O)N(c1cc(C)cc(C)c1)C1C=CS(=O)(=O)C1. The van der Waals surface area contributed by atoms with Gasteiger partial charge in [0.25, 0.3) is 5.91 Å². The zero-order valence-electron chi connectivity index (χ0n) is 15.0. The van der Waals surface area contributed by atoms with Crippen molar-refractivity contribution in [2.24, 2.45) is 0 Å². The van der Waals surface area contributed by atoms with Crippen molar-refractivity contribution in [2.75, 3.05) is 17.8 Å². The van der Waals surface area contributed by atoms with Crippen molar-refractivity contribution in [1.29, 1.82) is 0 Å². The third-order valence-electron chi connectivity index (χ3n) is 4.28. The first-order valence-electron chi connectivity index (χ1n) is 8.26. The number of benzene rings is 2. The van der Waals surface area contributed by atoms with Gasteiger partial charge in [-0.2, -0.15) is 0 Å². The summed E-state index contributed by atoms with van der Waals surface area (Å²) in [5, 5.41) is 1.18. The number of ether oxygens (including phenoxy) is 1. The summed E-state index contributed by atoms with van der Waals surface area (Å²) in [5.41, 5.74) is 3.07. The second-order valence-corrected chi connectivity index (χ2v) is 8.38. The number of rotatable bonds is 4. The molecule has 1 aliphatic rings. The minimum atomic E-state index is -3.31. The van der Waals surface area contributed by atoms with Gasteiger partial charge in [-0.1, -0.05) is 18.2 Å². The first-order chi connectivity index (χ1) is 12.3. The molecular formula is C20H21NO4S. The number of sulfone groups is 1. The van der Waals surface area contributed by atoms with Crippen molar-refractivity contribution < 1.29 is 17.9 Å². The Hall–Kier alpha value is -2.60. The Morgan fingerprint density at radius 2 is 1.77 bits per heavy atom. The molecule has 0 spiro atoms. The summed E-state index contributed by atoms with van der Waals surface area (Å²) in [6, 6.07) is 12.2. The van der Waals surface area contributed by atoms with E-state index in [2.05, 4.69) is 0 Å². The molecule has 0 saturated heterocycles. The maximum atomic E-state index is 13.4. The molecule has 5 nitrogen and oxygen atoms in total. The quantitative estimate of drug-likeness (QED) is 0.827. The van der Waals surface area contributed by atoms with E-state index in [-0.39, 0.29) is 11.7 Å². The van der Waals surface area contributed by atoms with Crippen LogP contribution < -0.4 is 9.64 Å². The van der Waals surface area contributed by atoms with Gasteiger partial charge in [-0.3, -0.25) is 4.79 Å². The van der Waals surface area contributed by atoms with Gasteiger partial charge in [0.1, 0.15) is 5.75 Å². The second kappa shape index (κ2) is 6.96. The number of carbonyl (C=O) groups excluding carboxylic acids is 1. The molecule has 3 rings (SSSR count). The molecule has 1 aliphatic heterocycles. The topological polar surface area (TPSA) is 63.7 Å². The Labute approximate surface area is 153 Å². The van der Waals surface area contributed by atoms with Gasteiger partial charge in [0.15, 0.2) is 9.84 Å². The van der Waals surface area contributed by atoms with Crippen LogP contribution in [0.2, 0.25) is 0 Å². The number of anilines is 1. The largest absolute Gasteiger partial charge is 0.496 e. The molecule has 2 aromatic rings. The monoisotopic (exact) mass is 371 g/mol. The minimum absolute atomic E-state index is 0.124. The number of amides is 1. The molecule has 136 valence electrons. The van der Waals surface area contributed by atoms with E-state index in [0.717, 1.165) is 11.1 Å². The van der Waals surface area contributed by atoms with Gasteiger partial charge in [-0.05, 0) is 55.3 Å². The molecule has 0 saturated carbocycles. The molecule has 0 radical (unpaired) electrons. The van der Waals surface area contributed by atoms with E-state index in [4.69, 9.17) is 4.74 Å². The standard InChI is InChI=1S/C20H21NO4S/c1-14-10-15(2)12-17(11-14)21(16-8-9-26(23,24)13-16)20(22)18-6-4-5-7-19(18)25-3/h4-12,16H,13H2,1-3H3. The summed E-state index contributed by atoms with van der Waals surface area (Å²) in [4.78, 5) is 14.9. The predicted molar refractivity (Wildman–Crippen MR) is 102 cm³/mol. The second-order valence-electron chi connectivity index (χ2n) is 6.45. The van der Waals surface area contributed by atoms with Crippen LogP contribution in [0.15, 0.2) is 53.9 Å². The molecule has 0 aliphatic carbocycles. The highest BCUT2D eigenvalue weighted by Crippen LogP contribution is 2.29. The lowest BCUT2D eigenvalue weighted by molar-refractivity contribution is 0.0980. The fraction of sp³-hybridized carbons (Fsp3) is 0.250. The van der Waals surface area contributed by atoms with E-state index >= 15 is 0 Å². The van der Waals surface area contributed by atoms with E-state index < -0.39 is 15.9 Å². The van der Waals surface area contributed by atoms with Crippen LogP contribution in [0.5, 0.6) is 5.75 Å². The van der Waals surface area contributed by atoms with E-state index in [9.17, 15) is 13.2 Å². The van der Waals surface area contributed by atoms with Crippen LogP contribution in [-0.4, -0.2) is 33.2 Å². The lowest BCUT2D eigenvalue weighted by Crippen LogP contribution is -2.41. The summed E-state index contributed by atoms with van der Waals surface area (Å²) in [6.07, 6.45) is 1.57. The van der Waals surface area contributed by atoms with Gasteiger partial charge in [0.2, 0.25) is 0 Å². The molecule has 6 heteroatoms. The molecular weight excluding hydrogens is 350 g/mol. The van der Waals surface area contributed by atoms with Crippen LogP contribution in [0, 0.1) is 13.8 Å².